The molecule has 0 heterocycles. The monoisotopic (exact) mass is 265 g/mol. The van der Waals surface area contributed by atoms with Crippen molar-refractivity contribution in [3.63, 3.8) is 0 Å². The number of halogens is 2. The minimum atomic E-state index is -0.854. The molecule has 1 atom stereocenters. The van der Waals surface area contributed by atoms with Gasteiger partial charge in [0.05, 0.1) is 0 Å². The number of thioether (sulfide) groups is 1. The van der Waals surface area contributed by atoms with Gasteiger partial charge in [0.25, 0.3) is 0 Å². The summed E-state index contributed by atoms with van der Waals surface area (Å²) in [5.74, 6) is -1.20. The van der Waals surface area contributed by atoms with E-state index < -0.39 is 17.7 Å². The second kappa shape index (κ2) is 5.98. The molecule has 18 heavy (non-hydrogen) atoms. The number of benzene rings is 2. The van der Waals surface area contributed by atoms with E-state index in [4.69, 9.17) is 5.73 Å². The lowest BCUT2D eigenvalue weighted by Gasteiger charge is -2.12. The maximum absolute atomic E-state index is 13.5. The van der Waals surface area contributed by atoms with Crippen LogP contribution in [0.2, 0.25) is 0 Å². The molecule has 2 aromatic rings. The Morgan fingerprint density at radius 3 is 2.44 bits per heavy atom. The average molecular weight is 265 g/mol. The summed E-state index contributed by atoms with van der Waals surface area (Å²) in [7, 11) is 0. The quantitative estimate of drug-likeness (QED) is 0.852. The third-order valence-electron chi connectivity index (χ3n) is 2.55. The van der Waals surface area contributed by atoms with Crippen LogP contribution in [0.25, 0.3) is 0 Å². The van der Waals surface area contributed by atoms with Gasteiger partial charge in [-0.15, -0.1) is 11.8 Å². The van der Waals surface area contributed by atoms with Crippen molar-refractivity contribution in [1.82, 2.24) is 0 Å². The topological polar surface area (TPSA) is 26.0 Å². The van der Waals surface area contributed by atoms with Gasteiger partial charge in [0, 0.05) is 22.3 Å². The van der Waals surface area contributed by atoms with Gasteiger partial charge in [-0.1, -0.05) is 30.3 Å². The Morgan fingerprint density at radius 1 is 1.00 bits per heavy atom. The van der Waals surface area contributed by atoms with Crippen molar-refractivity contribution in [1.29, 1.82) is 0 Å². The van der Waals surface area contributed by atoms with Gasteiger partial charge in [-0.05, 0) is 18.2 Å². The molecule has 0 aliphatic heterocycles. The molecule has 94 valence electrons. The van der Waals surface area contributed by atoms with Crippen molar-refractivity contribution in [3.8, 4) is 0 Å². The molecule has 0 spiro atoms. The zero-order valence-corrected chi connectivity index (χ0v) is 10.5. The summed E-state index contributed by atoms with van der Waals surface area (Å²) in [5.41, 5.74) is 6.11. The van der Waals surface area contributed by atoms with Gasteiger partial charge in [-0.25, -0.2) is 8.78 Å². The summed E-state index contributed by atoms with van der Waals surface area (Å²) in [5, 5.41) is 0. The molecule has 0 aliphatic carbocycles. The molecular formula is C14H13F2NS. The molecule has 0 fully saturated rings. The largest absolute Gasteiger partial charge is 0.323 e. The van der Waals surface area contributed by atoms with Gasteiger partial charge in [0.15, 0.2) is 11.6 Å². The number of rotatable bonds is 4. The average Bonchev–Trinajstić information content (AvgIpc) is 2.40. The van der Waals surface area contributed by atoms with Crippen LogP contribution in [-0.4, -0.2) is 5.75 Å². The highest BCUT2D eigenvalue weighted by Gasteiger charge is 2.14. The molecule has 1 nitrogen and oxygen atoms in total. The predicted octanol–water partition coefficient (Wildman–Crippen LogP) is 3.76. The maximum Gasteiger partial charge on any atom is 0.163 e. The molecular weight excluding hydrogens is 252 g/mol. The van der Waals surface area contributed by atoms with Crippen LogP contribution in [-0.2, 0) is 0 Å². The fourth-order valence-corrected chi connectivity index (χ4v) is 2.50. The first-order valence-electron chi connectivity index (χ1n) is 5.56. The Bertz CT molecular complexity index is 516. The van der Waals surface area contributed by atoms with Crippen LogP contribution in [0.15, 0.2) is 53.4 Å². The Kier molecular flexibility index (Phi) is 4.33. The van der Waals surface area contributed by atoms with E-state index >= 15 is 0 Å². The van der Waals surface area contributed by atoms with E-state index in [1.807, 2.05) is 30.3 Å². The van der Waals surface area contributed by atoms with Crippen molar-refractivity contribution in [3.05, 3.63) is 65.7 Å². The van der Waals surface area contributed by atoms with Gasteiger partial charge >= 0.3 is 0 Å². The van der Waals surface area contributed by atoms with E-state index in [2.05, 4.69) is 0 Å². The van der Waals surface area contributed by atoms with Crippen LogP contribution in [0.1, 0.15) is 11.6 Å². The number of hydrogen-bond donors (Lipinski definition) is 1. The first kappa shape index (κ1) is 13.1. The van der Waals surface area contributed by atoms with Gasteiger partial charge in [0.2, 0.25) is 0 Å². The molecule has 4 heteroatoms. The third-order valence-corrected chi connectivity index (χ3v) is 3.68. The lowest BCUT2D eigenvalue weighted by atomic mass is 10.1. The third kappa shape index (κ3) is 3.09. The molecule has 0 aliphatic rings. The summed E-state index contributed by atoms with van der Waals surface area (Å²) in [6.07, 6.45) is 0. The van der Waals surface area contributed by atoms with Crippen LogP contribution in [0.3, 0.4) is 0 Å². The molecule has 2 rings (SSSR count). The second-order valence-electron chi connectivity index (χ2n) is 3.87. The number of nitrogens with two attached hydrogens (primary N) is 1. The van der Waals surface area contributed by atoms with E-state index in [1.54, 1.807) is 0 Å². The SMILES string of the molecule is NC(CSc1ccccc1)c1cccc(F)c1F. The van der Waals surface area contributed by atoms with Gasteiger partial charge in [-0.3, -0.25) is 0 Å². The molecule has 0 saturated carbocycles. The van der Waals surface area contributed by atoms with Gasteiger partial charge in [0.1, 0.15) is 0 Å². The van der Waals surface area contributed by atoms with E-state index in [0.717, 1.165) is 11.0 Å². The standard InChI is InChI=1S/C14H13F2NS/c15-12-8-4-7-11(14(12)16)13(17)9-18-10-5-2-1-3-6-10/h1-8,13H,9,17H2. The fourth-order valence-electron chi connectivity index (χ4n) is 1.60. The summed E-state index contributed by atoms with van der Waals surface area (Å²) in [6.45, 7) is 0. The summed E-state index contributed by atoms with van der Waals surface area (Å²) in [6, 6.07) is 13.3. The Hall–Kier alpha value is -1.39. The zero-order chi connectivity index (χ0) is 13.0. The molecule has 2 aromatic carbocycles. The van der Waals surface area contributed by atoms with Gasteiger partial charge < -0.3 is 5.73 Å². The summed E-state index contributed by atoms with van der Waals surface area (Å²) < 4.78 is 26.6. The Morgan fingerprint density at radius 2 is 1.72 bits per heavy atom. The lowest BCUT2D eigenvalue weighted by Crippen LogP contribution is -2.15. The highest BCUT2D eigenvalue weighted by molar-refractivity contribution is 7.99. The van der Waals surface area contributed by atoms with Crippen LogP contribution < -0.4 is 5.73 Å². The normalized spacial score (nSPS) is 12.4. The van der Waals surface area contributed by atoms with Crippen molar-refractivity contribution < 1.29 is 8.78 Å². The summed E-state index contributed by atoms with van der Waals surface area (Å²) in [4.78, 5) is 1.06. The molecule has 1 unspecified atom stereocenters. The smallest absolute Gasteiger partial charge is 0.163 e. The van der Waals surface area contributed by atoms with E-state index in [0.29, 0.717) is 5.75 Å². The fraction of sp³-hybridized carbons (Fsp3) is 0.143. The molecule has 0 aromatic heterocycles. The van der Waals surface area contributed by atoms with Gasteiger partial charge in [-0.2, -0.15) is 0 Å². The Balaban J connectivity index is 2.04. The minimum Gasteiger partial charge on any atom is -0.323 e. The second-order valence-corrected chi connectivity index (χ2v) is 4.97. The molecule has 2 N–H and O–H groups in total. The van der Waals surface area contributed by atoms with Crippen molar-refractivity contribution >= 4 is 11.8 Å². The van der Waals surface area contributed by atoms with Crippen molar-refractivity contribution in [2.75, 3.05) is 5.75 Å². The van der Waals surface area contributed by atoms with E-state index in [1.165, 1.54) is 23.9 Å². The number of hydrogen-bond acceptors (Lipinski definition) is 2. The summed E-state index contributed by atoms with van der Waals surface area (Å²) >= 11 is 1.52. The van der Waals surface area contributed by atoms with E-state index in [9.17, 15) is 8.78 Å². The minimum absolute atomic E-state index is 0.221. The van der Waals surface area contributed by atoms with Crippen LogP contribution in [0.4, 0.5) is 8.78 Å². The van der Waals surface area contributed by atoms with Crippen molar-refractivity contribution in [2.45, 2.75) is 10.9 Å². The van der Waals surface area contributed by atoms with E-state index in [-0.39, 0.29) is 5.56 Å². The van der Waals surface area contributed by atoms with Crippen LogP contribution in [0, 0.1) is 11.6 Å². The highest BCUT2D eigenvalue weighted by atomic mass is 32.2. The Labute approximate surface area is 109 Å². The lowest BCUT2D eigenvalue weighted by molar-refractivity contribution is 0.493. The first-order chi connectivity index (χ1) is 8.68. The zero-order valence-electron chi connectivity index (χ0n) is 9.64. The molecule has 0 saturated heterocycles. The molecule has 0 bridgehead atoms. The van der Waals surface area contributed by atoms with Crippen molar-refractivity contribution in [2.24, 2.45) is 5.73 Å². The molecule has 0 amide bonds. The first-order valence-corrected chi connectivity index (χ1v) is 6.54. The van der Waals surface area contributed by atoms with Crippen LogP contribution in [0.5, 0.6) is 0 Å². The molecule has 0 radical (unpaired) electrons. The predicted molar refractivity (Wildman–Crippen MR) is 70.5 cm³/mol. The van der Waals surface area contributed by atoms with Crippen LogP contribution >= 0.6 is 11.8 Å². The highest BCUT2D eigenvalue weighted by Crippen LogP contribution is 2.25. The maximum atomic E-state index is 13.5.